The first-order chi connectivity index (χ1) is 8.04. The van der Waals surface area contributed by atoms with Gasteiger partial charge in [-0.1, -0.05) is 13.8 Å². The second-order valence-corrected chi connectivity index (χ2v) is 4.39. The number of hydrogen-bond donors (Lipinski definition) is 1. The quantitative estimate of drug-likeness (QED) is 0.886. The van der Waals surface area contributed by atoms with Gasteiger partial charge in [-0.25, -0.2) is 4.98 Å². The lowest BCUT2D eigenvalue weighted by molar-refractivity contribution is 0.488. The third-order valence-corrected chi connectivity index (χ3v) is 2.77. The maximum absolute atomic E-state index is 6.01. The summed E-state index contributed by atoms with van der Waals surface area (Å²) in [7, 11) is 0. The fourth-order valence-corrected chi connectivity index (χ4v) is 1.71. The number of aromatic nitrogens is 3. The van der Waals surface area contributed by atoms with Gasteiger partial charge < -0.3 is 10.2 Å². The molecule has 0 saturated carbocycles. The Morgan fingerprint density at radius 1 is 1.47 bits per heavy atom. The SMILES string of the molecule is CCn1nc(C)c(N)c1-c1ncc(C(C)C)o1. The van der Waals surface area contributed by atoms with Gasteiger partial charge in [0.2, 0.25) is 5.89 Å². The summed E-state index contributed by atoms with van der Waals surface area (Å²) in [6.07, 6.45) is 1.75. The van der Waals surface area contributed by atoms with Crippen molar-refractivity contribution in [3.63, 3.8) is 0 Å². The molecule has 0 aliphatic rings. The monoisotopic (exact) mass is 234 g/mol. The molecule has 0 aliphatic carbocycles. The molecule has 0 fully saturated rings. The summed E-state index contributed by atoms with van der Waals surface area (Å²) < 4.78 is 7.54. The summed E-state index contributed by atoms with van der Waals surface area (Å²) in [6.45, 7) is 8.78. The van der Waals surface area contributed by atoms with E-state index in [1.165, 1.54) is 0 Å². The zero-order chi connectivity index (χ0) is 12.6. The van der Waals surface area contributed by atoms with Crippen molar-refractivity contribution in [3.05, 3.63) is 17.7 Å². The minimum absolute atomic E-state index is 0.316. The molecule has 2 aromatic heterocycles. The Kier molecular flexibility index (Phi) is 2.92. The molecule has 0 saturated heterocycles. The van der Waals surface area contributed by atoms with Crippen LogP contribution in [0.5, 0.6) is 0 Å². The standard InChI is InChI=1S/C12H18N4O/c1-5-16-11(10(13)8(4)15-16)12-14-6-9(17-12)7(2)3/h6-7H,5,13H2,1-4H3. The van der Waals surface area contributed by atoms with Crippen LogP contribution in [0.1, 0.15) is 38.1 Å². The van der Waals surface area contributed by atoms with E-state index in [9.17, 15) is 0 Å². The van der Waals surface area contributed by atoms with E-state index < -0.39 is 0 Å². The molecule has 0 unspecified atom stereocenters. The predicted octanol–water partition coefficient (Wildman–Crippen LogP) is 2.57. The van der Waals surface area contributed by atoms with Crippen LogP contribution in [-0.4, -0.2) is 14.8 Å². The number of anilines is 1. The average molecular weight is 234 g/mol. The second-order valence-electron chi connectivity index (χ2n) is 4.39. The summed E-state index contributed by atoms with van der Waals surface area (Å²) in [5, 5.41) is 4.35. The number of nitrogen functional groups attached to an aromatic ring is 1. The van der Waals surface area contributed by atoms with Crippen molar-refractivity contribution < 1.29 is 4.42 Å². The summed E-state index contributed by atoms with van der Waals surface area (Å²) >= 11 is 0. The van der Waals surface area contributed by atoms with Crippen molar-refractivity contribution >= 4 is 5.69 Å². The highest BCUT2D eigenvalue weighted by Crippen LogP contribution is 2.29. The van der Waals surface area contributed by atoms with Crippen LogP contribution in [-0.2, 0) is 6.54 Å². The van der Waals surface area contributed by atoms with Gasteiger partial charge in [-0.15, -0.1) is 0 Å². The molecule has 2 N–H and O–H groups in total. The number of nitrogens with zero attached hydrogens (tertiary/aromatic N) is 3. The molecule has 0 spiro atoms. The van der Waals surface area contributed by atoms with Crippen LogP contribution in [0.2, 0.25) is 0 Å². The molecule has 0 radical (unpaired) electrons. The highest BCUT2D eigenvalue weighted by molar-refractivity contribution is 5.68. The Labute approximate surface area is 101 Å². The molecule has 0 atom stereocenters. The van der Waals surface area contributed by atoms with Gasteiger partial charge in [0, 0.05) is 12.5 Å². The molecule has 2 heterocycles. The van der Waals surface area contributed by atoms with Gasteiger partial charge in [0.1, 0.15) is 11.5 Å². The molecule has 2 rings (SSSR count). The molecule has 92 valence electrons. The first-order valence-corrected chi connectivity index (χ1v) is 5.83. The maximum atomic E-state index is 6.01. The van der Waals surface area contributed by atoms with Crippen molar-refractivity contribution in [2.24, 2.45) is 0 Å². The van der Waals surface area contributed by atoms with Crippen LogP contribution in [0.25, 0.3) is 11.6 Å². The summed E-state index contributed by atoms with van der Waals surface area (Å²) in [4.78, 5) is 4.28. The van der Waals surface area contributed by atoms with Crippen molar-refractivity contribution in [1.82, 2.24) is 14.8 Å². The Morgan fingerprint density at radius 3 is 2.71 bits per heavy atom. The van der Waals surface area contributed by atoms with Crippen molar-refractivity contribution in [2.45, 2.75) is 40.2 Å². The third-order valence-electron chi connectivity index (χ3n) is 2.77. The molecular weight excluding hydrogens is 216 g/mol. The molecule has 0 amide bonds. The lowest BCUT2D eigenvalue weighted by atomic mass is 10.2. The van der Waals surface area contributed by atoms with Crippen LogP contribution in [0.4, 0.5) is 5.69 Å². The van der Waals surface area contributed by atoms with E-state index in [1.54, 1.807) is 6.20 Å². The molecule has 5 heteroatoms. The van der Waals surface area contributed by atoms with Crippen molar-refractivity contribution in [2.75, 3.05) is 5.73 Å². The number of rotatable bonds is 3. The molecule has 0 aromatic carbocycles. The first-order valence-electron chi connectivity index (χ1n) is 5.83. The van der Waals surface area contributed by atoms with E-state index in [1.807, 2.05) is 18.5 Å². The summed E-state index contributed by atoms with van der Waals surface area (Å²) in [6, 6.07) is 0. The lowest BCUT2D eigenvalue weighted by Gasteiger charge is -2.02. The zero-order valence-corrected chi connectivity index (χ0v) is 10.7. The Bertz CT molecular complexity index is 525. The van der Waals surface area contributed by atoms with Crippen molar-refractivity contribution in [3.8, 4) is 11.6 Å². The van der Waals surface area contributed by atoms with Gasteiger partial charge >= 0.3 is 0 Å². The number of aryl methyl sites for hydroxylation is 2. The summed E-state index contributed by atoms with van der Waals surface area (Å²) in [5.74, 6) is 1.73. The fourth-order valence-electron chi connectivity index (χ4n) is 1.71. The molecular formula is C12H18N4O. The molecule has 2 aromatic rings. The zero-order valence-electron chi connectivity index (χ0n) is 10.7. The number of nitrogens with two attached hydrogens (primary N) is 1. The highest BCUT2D eigenvalue weighted by atomic mass is 16.4. The van der Waals surface area contributed by atoms with Gasteiger partial charge in [0.25, 0.3) is 0 Å². The van der Waals surface area contributed by atoms with E-state index in [0.29, 0.717) is 17.5 Å². The minimum atomic E-state index is 0.316. The summed E-state index contributed by atoms with van der Waals surface area (Å²) in [5.41, 5.74) is 8.24. The van der Waals surface area contributed by atoms with E-state index in [-0.39, 0.29) is 0 Å². The molecule has 0 bridgehead atoms. The fraction of sp³-hybridized carbons (Fsp3) is 0.500. The Balaban J connectivity index is 2.51. The van der Waals surface area contributed by atoms with E-state index in [2.05, 4.69) is 23.9 Å². The number of hydrogen-bond acceptors (Lipinski definition) is 4. The third kappa shape index (κ3) is 1.92. The Morgan fingerprint density at radius 2 is 2.18 bits per heavy atom. The van der Waals surface area contributed by atoms with E-state index in [0.717, 1.165) is 23.7 Å². The Hall–Kier alpha value is -1.78. The van der Waals surface area contributed by atoms with Crippen LogP contribution < -0.4 is 5.73 Å². The highest BCUT2D eigenvalue weighted by Gasteiger charge is 2.19. The molecule has 5 nitrogen and oxygen atoms in total. The maximum Gasteiger partial charge on any atom is 0.247 e. The van der Waals surface area contributed by atoms with Crippen LogP contribution in [0.3, 0.4) is 0 Å². The van der Waals surface area contributed by atoms with E-state index >= 15 is 0 Å². The predicted molar refractivity (Wildman–Crippen MR) is 66.6 cm³/mol. The normalized spacial score (nSPS) is 11.4. The van der Waals surface area contributed by atoms with Gasteiger partial charge in [0.15, 0.2) is 0 Å². The van der Waals surface area contributed by atoms with Gasteiger partial charge in [-0.05, 0) is 13.8 Å². The average Bonchev–Trinajstić information content (AvgIpc) is 2.85. The van der Waals surface area contributed by atoms with Crippen molar-refractivity contribution in [1.29, 1.82) is 0 Å². The first kappa shape index (κ1) is 11.7. The molecule has 17 heavy (non-hydrogen) atoms. The van der Waals surface area contributed by atoms with Gasteiger partial charge in [-0.2, -0.15) is 5.10 Å². The topological polar surface area (TPSA) is 69.9 Å². The van der Waals surface area contributed by atoms with Crippen LogP contribution in [0.15, 0.2) is 10.6 Å². The largest absolute Gasteiger partial charge is 0.440 e. The van der Waals surface area contributed by atoms with Crippen LogP contribution in [0, 0.1) is 6.92 Å². The minimum Gasteiger partial charge on any atom is -0.440 e. The second kappa shape index (κ2) is 4.24. The number of oxazole rings is 1. The van der Waals surface area contributed by atoms with Gasteiger partial charge in [-0.3, -0.25) is 4.68 Å². The van der Waals surface area contributed by atoms with Gasteiger partial charge in [0.05, 0.1) is 17.6 Å². The smallest absolute Gasteiger partial charge is 0.247 e. The molecule has 0 aliphatic heterocycles. The lowest BCUT2D eigenvalue weighted by Crippen LogP contribution is -2.00. The van der Waals surface area contributed by atoms with Crippen LogP contribution >= 0.6 is 0 Å². The van der Waals surface area contributed by atoms with E-state index in [4.69, 9.17) is 10.2 Å².